The highest BCUT2D eigenvalue weighted by Crippen LogP contribution is 2.16. The van der Waals surface area contributed by atoms with Crippen LogP contribution in [-0.4, -0.2) is 56.1 Å². The number of thioether (sulfide) groups is 1. The first-order valence-corrected chi connectivity index (χ1v) is 9.86. The Labute approximate surface area is 158 Å². The van der Waals surface area contributed by atoms with Crippen molar-refractivity contribution in [2.24, 2.45) is 5.16 Å². The molecule has 0 saturated carbocycles. The number of rotatable bonds is 6. The van der Waals surface area contributed by atoms with Gasteiger partial charge in [-0.2, -0.15) is 0 Å². The Morgan fingerprint density at radius 1 is 1.08 bits per heavy atom. The third-order valence-electron chi connectivity index (χ3n) is 4.33. The van der Waals surface area contributed by atoms with Gasteiger partial charge in [-0.1, -0.05) is 35.5 Å². The van der Waals surface area contributed by atoms with E-state index in [0.717, 1.165) is 18.7 Å². The van der Waals surface area contributed by atoms with Crippen molar-refractivity contribution < 1.29 is 9.63 Å². The third kappa shape index (κ3) is 5.02. The Morgan fingerprint density at radius 2 is 1.77 bits per heavy atom. The first-order valence-electron chi connectivity index (χ1n) is 8.63. The van der Waals surface area contributed by atoms with Gasteiger partial charge in [0.05, 0.1) is 6.21 Å². The van der Waals surface area contributed by atoms with Crippen LogP contribution in [0.4, 0.5) is 5.69 Å². The molecule has 2 aromatic carbocycles. The van der Waals surface area contributed by atoms with Gasteiger partial charge in [-0.25, -0.2) is 0 Å². The van der Waals surface area contributed by atoms with Crippen molar-refractivity contribution in [2.45, 2.75) is 4.90 Å². The minimum atomic E-state index is -0.0231. The third-order valence-corrected chi connectivity index (χ3v) is 5.08. The molecule has 0 aliphatic carbocycles. The van der Waals surface area contributed by atoms with Crippen LogP contribution in [0.2, 0.25) is 0 Å². The predicted octanol–water partition coefficient (Wildman–Crippen LogP) is 3.11. The Bertz CT molecular complexity index is 726. The molecule has 1 heterocycles. The maximum absolute atomic E-state index is 12.2. The summed E-state index contributed by atoms with van der Waals surface area (Å²) in [5.41, 5.74) is 2.15. The molecule has 1 aliphatic heterocycles. The van der Waals surface area contributed by atoms with E-state index >= 15 is 0 Å². The van der Waals surface area contributed by atoms with Crippen molar-refractivity contribution in [2.75, 3.05) is 43.9 Å². The molecule has 3 rings (SSSR count). The molecule has 1 saturated heterocycles. The average molecular weight is 369 g/mol. The van der Waals surface area contributed by atoms with Crippen molar-refractivity contribution >= 4 is 29.6 Å². The van der Waals surface area contributed by atoms with Crippen molar-refractivity contribution in [1.82, 2.24) is 4.90 Å². The van der Waals surface area contributed by atoms with Crippen LogP contribution in [0.1, 0.15) is 5.56 Å². The average Bonchev–Trinajstić information content (AvgIpc) is 2.72. The van der Waals surface area contributed by atoms with E-state index in [4.69, 9.17) is 4.84 Å². The summed E-state index contributed by atoms with van der Waals surface area (Å²) in [5, 5.41) is 3.90. The molecule has 0 aromatic heterocycles. The zero-order valence-electron chi connectivity index (χ0n) is 14.9. The number of nitrogens with zero attached hydrogens (tertiary/aromatic N) is 3. The zero-order valence-corrected chi connectivity index (χ0v) is 15.7. The topological polar surface area (TPSA) is 45.1 Å². The van der Waals surface area contributed by atoms with Crippen LogP contribution in [0.15, 0.2) is 64.6 Å². The number of hydrogen-bond acceptors (Lipinski definition) is 5. The lowest BCUT2D eigenvalue weighted by Crippen LogP contribution is -2.49. The van der Waals surface area contributed by atoms with E-state index in [-0.39, 0.29) is 12.5 Å². The van der Waals surface area contributed by atoms with E-state index in [9.17, 15) is 4.79 Å². The molecule has 0 bridgehead atoms. The van der Waals surface area contributed by atoms with Crippen LogP contribution in [0, 0.1) is 0 Å². The van der Waals surface area contributed by atoms with E-state index in [1.807, 2.05) is 53.6 Å². The highest BCUT2D eigenvalue weighted by atomic mass is 32.2. The molecule has 0 N–H and O–H groups in total. The molecule has 5 nitrogen and oxygen atoms in total. The van der Waals surface area contributed by atoms with Gasteiger partial charge in [0, 0.05) is 36.8 Å². The maximum atomic E-state index is 12.2. The summed E-state index contributed by atoms with van der Waals surface area (Å²) >= 11 is 1.69. The van der Waals surface area contributed by atoms with Gasteiger partial charge in [-0.15, -0.1) is 11.8 Å². The number of anilines is 1. The van der Waals surface area contributed by atoms with Crippen molar-refractivity contribution in [3.8, 4) is 0 Å². The molecule has 0 radical (unpaired) electrons. The van der Waals surface area contributed by atoms with E-state index in [1.165, 1.54) is 10.6 Å². The van der Waals surface area contributed by atoms with Gasteiger partial charge in [0.15, 0.2) is 6.61 Å². The van der Waals surface area contributed by atoms with Gasteiger partial charge < -0.3 is 14.6 Å². The largest absolute Gasteiger partial charge is 0.386 e. The Balaban J connectivity index is 1.41. The zero-order chi connectivity index (χ0) is 18.2. The first kappa shape index (κ1) is 18.3. The van der Waals surface area contributed by atoms with E-state index in [2.05, 4.69) is 22.2 Å². The Kier molecular flexibility index (Phi) is 6.55. The first-order chi connectivity index (χ1) is 12.8. The van der Waals surface area contributed by atoms with E-state index in [0.29, 0.717) is 13.1 Å². The number of carbonyl (C=O) groups excluding carboxylic acids is 1. The molecular formula is C20H23N3O2S. The van der Waals surface area contributed by atoms with Gasteiger partial charge in [-0.3, -0.25) is 4.79 Å². The summed E-state index contributed by atoms with van der Waals surface area (Å²) in [6, 6.07) is 18.3. The second kappa shape index (κ2) is 9.29. The maximum Gasteiger partial charge on any atom is 0.263 e. The number of benzene rings is 2. The molecule has 2 aromatic rings. The lowest BCUT2D eigenvalue weighted by molar-refractivity contribution is -0.136. The molecule has 0 unspecified atom stereocenters. The quantitative estimate of drug-likeness (QED) is 0.446. The molecule has 0 atom stereocenters. The lowest BCUT2D eigenvalue weighted by atomic mass is 10.2. The number of oxime groups is 1. The minimum absolute atomic E-state index is 0.0207. The number of hydrogen-bond donors (Lipinski definition) is 0. The molecule has 1 fully saturated rings. The Morgan fingerprint density at radius 3 is 2.42 bits per heavy atom. The van der Waals surface area contributed by atoms with Gasteiger partial charge >= 0.3 is 0 Å². The summed E-state index contributed by atoms with van der Waals surface area (Å²) in [6.07, 6.45) is 3.67. The normalized spacial score (nSPS) is 14.7. The molecule has 1 amide bonds. The minimum Gasteiger partial charge on any atom is -0.386 e. The van der Waals surface area contributed by atoms with Crippen LogP contribution in [0.5, 0.6) is 0 Å². The lowest BCUT2D eigenvalue weighted by Gasteiger charge is -2.35. The van der Waals surface area contributed by atoms with Crippen molar-refractivity contribution in [3.05, 3.63) is 60.2 Å². The summed E-state index contributed by atoms with van der Waals surface area (Å²) in [4.78, 5) is 22.8. The number of piperazine rings is 1. The highest BCUT2D eigenvalue weighted by molar-refractivity contribution is 7.98. The number of para-hydroxylation sites is 1. The second-order valence-electron chi connectivity index (χ2n) is 5.98. The van der Waals surface area contributed by atoms with Gasteiger partial charge in [0.25, 0.3) is 5.91 Å². The standard InChI is InChI=1S/C20H23N3O2S/c1-26-19-9-7-17(8-10-19)15-21-25-16-20(24)23-13-11-22(12-14-23)18-5-3-2-4-6-18/h2-10,15H,11-14,16H2,1H3/b21-15+. The van der Waals surface area contributed by atoms with Gasteiger partial charge in [0.1, 0.15) is 0 Å². The highest BCUT2D eigenvalue weighted by Gasteiger charge is 2.21. The van der Waals surface area contributed by atoms with Crippen molar-refractivity contribution in [3.63, 3.8) is 0 Å². The van der Waals surface area contributed by atoms with Gasteiger partial charge in [-0.05, 0) is 36.1 Å². The van der Waals surface area contributed by atoms with Crippen LogP contribution in [0.3, 0.4) is 0 Å². The summed E-state index contributed by atoms with van der Waals surface area (Å²) in [6.45, 7) is 3.06. The molecule has 6 heteroatoms. The number of amides is 1. The fraction of sp³-hybridized carbons (Fsp3) is 0.300. The molecule has 1 aliphatic rings. The molecule has 0 spiro atoms. The SMILES string of the molecule is CSc1ccc(/C=N/OCC(=O)N2CCN(c3ccccc3)CC2)cc1. The smallest absolute Gasteiger partial charge is 0.263 e. The Hall–Kier alpha value is -2.47. The van der Waals surface area contributed by atoms with E-state index < -0.39 is 0 Å². The van der Waals surface area contributed by atoms with Gasteiger partial charge in [0.2, 0.25) is 0 Å². The second-order valence-corrected chi connectivity index (χ2v) is 6.86. The monoisotopic (exact) mass is 369 g/mol. The molecule has 136 valence electrons. The van der Waals surface area contributed by atoms with Crippen molar-refractivity contribution in [1.29, 1.82) is 0 Å². The predicted molar refractivity (Wildman–Crippen MR) is 107 cm³/mol. The fourth-order valence-electron chi connectivity index (χ4n) is 2.82. The van der Waals surface area contributed by atoms with Crippen LogP contribution in [0.25, 0.3) is 0 Å². The summed E-state index contributed by atoms with van der Waals surface area (Å²) < 4.78 is 0. The number of carbonyl (C=O) groups is 1. The fourth-order valence-corrected chi connectivity index (χ4v) is 3.23. The van der Waals surface area contributed by atoms with E-state index in [1.54, 1.807) is 18.0 Å². The molecular weight excluding hydrogens is 346 g/mol. The van der Waals surface area contributed by atoms with Crippen LogP contribution in [-0.2, 0) is 9.63 Å². The molecule has 26 heavy (non-hydrogen) atoms. The van der Waals surface area contributed by atoms with Crippen LogP contribution >= 0.6 is 11.8 Å². The van der Waals surface area contributed by atoms with Crippen LogP contribution < -0.4 is 4.90 Å². The summed E-state index contributed by atoms with van der Waals surface area (Å²) in [7, 11) is 0. The summed E-state index contributed by atoms with van der Waals surface area (Å²) in [5.74, 6) is -0.0207.